The topological polar surface area (TPSA) is 99.7 Å². The molecule has 3 rings (SSSR count). The molecule has 0 fully saturated rings. The summed E-state index contributed by atoms with van der Waals surface area (Å²) in [5, 5.41) is 8.67. The van der Waals surface area contributed by atoms with Crippen molar-refractivity contribution >= 4 is 40.2 Å². The van der Waals surface area contributed by atoms with Crippen LogP contribution < -0.4 is 16.1 Å². The van der Waals surface area contributed by atoms with E-state index in [4.69, 9.17) is 0 Å². The normalized spacial score (nSPS) is 16.1. The molecule has 1 atom stereocenters. The Morgan fingerprint density at radius 3 is 2.41 bits per heavy atom. The van der Waals surface area contributed by atoms with E-state index in [1.165, 1.54) is 0 Å². The summed E-state index contributed by atoms with van der Waals surface area (Å²) in [4.78, 5) is 36.4. The van der Waals surface area contributed by atoms with Crippen molar-refractivity contribution in [3.8, 4) is 0 Å². The van der Waals surface area contributed by atoms with Crippen LogP contribution in [0.4, 0.5) is 5.69 Å². The van der Waals surface area contributed by atoms with Gasteiger partial charge in [-0.25, -0.2) is 5.43 Å². The fourth-order valence-electron chi connectivity index (χ4n) is 2.37. The van der Waals surface area contributed by atoms with Crippen molar-refractivity contribution in [2.24, 2.45) is 5.10 Å². The van der Waals surface area contributed by atoms with E-state index in [-0.39, 0.29) is 17.4 Å². The Kier molecular flexibility index (Phi) is 6.22. The van der Waals surface area contributed by atoms with Gasteiger partial charge in [-0.15, -0.1) is 0 Å². The van der Waals surface area contributed by atoms with Crippen molar-refractivity contribution in [1.82, 2.24) is 10.7 Å². The van der Waals surface area contributed by atoms with Crippen LogP contribution in [0.15, 0.2) is 65.8 Å². The number of carbonyl (C=O) groups excluding carboxylic acids is 3. The van der Waals surface area contributed by atoms with Gasteiger partial charge in [-0.2, -0.15) is 5.10 Å². The summed E-state index contributed by atoms with van der Waals surface area (Å²) in [5.74, 6) is -1.09. The largest absolute Gasteiger partial charge is 0.352 e. The lowest BCUT2D eigenvalue weighted by Gasteiger charge is -2.20. The van der Waals surface area contributed by atoms with Crippen molar-refractivity contribution in [3.05, 3.63) is 66.2 Å². The number of hydrogen-bond acceptors (Lipinski definition) is 5. The molecule has 1 heterocycles. The molecule has 0 radical (unpaired) electrons. The van der Waals surface area contributed by atoms with Crippen LogP contribution in [0.5, 0.6) is 0 Å². The molecule has 138 valence electrons. The smallest absolute Gasteiger partial charge is 0.282 e. The first-order valence-corrected chi connectivity index (χ1v) is 9.21. The quantitative estimate of drug-likeness (QED) is 0.710. The van der Waals surface area contributed by atoms with Gasteiger partial charge in [0.2, 0.25) is 5.91 Å². The molecule has 1 aliphatic rings. The van der Waals surface area contributed by atoms with E-state index >= 15 is 0 Å². The van der Waals surface area contributed by atoms with Crippen LogP contribution in [0.2, 0.25) is 0 Å². The molecule has 0 spiro atoms. The summed E-state index contributed by atoms with van der Waals surface area (Å²) >= 11 is 0.982. The molecule has 27 heavy (non-hydrogen) atoms. The van der Waals surface area contributed by atoms with E-state index in [0.717, 1.165) is 17.3 Å². The highest BCUT2D eigenvalue weighted by atomic mass is 32.2. The number of rotatable bonds is 6. The van der Waals surface area contributed by atoms with E-state index in [9.17, 15) is 14.4 Å². The van der Waals surface area contributed by atoms with Gasteiger partial charge in [-0.3, -0.25) is 14.4 Å². The molecule has 1 unspecified atom stereocenters. The molecule has 1 aliphatic heterocycles. The fraction of sp³-hybridized carbons (Fsp3) is 0.158. The van der Waals surface area contributed by atoms with Gasteiger partial charge in [0.25, 0.3) is 11.8 Å². The van der Waals surface area contributed by atoms with Gasteiger partial charge < -0.3 is 10.6 Å². The van der Waals surface area contributed by atoms with Gasteiger partial charge in [-0.1, -0.05) is 60.3 Å². The lowest BCUT2D eigenvalue weighted by atomic mass is 10.2. The molecule has 8 heteroatoms. The average molecular weight is 382 g/mol. The molecule has 2 aromatic rings. The maximum Gasteiger partial charge on any atom is 0.282 e. The SMILES string of the molecule is O=C(CC1SC(C(=O)Nc2ccccc2)=NNC1=O)NCc1ccccc1. The number of benzene rings is 2. The Bertz CT molecular complexity index is 856. The molecule has 0 aliphatic carbocycles. The molecule has 0 saturated heterocycles. The Hall–Kier alpha value is -3.13. The second kappa shape index (κ2) is 9.00. The molecule has 3 amide bonds. The monoisotopic (exact) mass is 382 g/mol. The number of nitrogens with zero attached hydrogens (tertiary/aromatic N) is 1. The molecule has 2 aromatic carbocycles. The van der Waals surface area contributed by atoms with Crippen LogP contribution in [0.25, 0.3) is 0 Å². The minimum Gasteiger partial charge on any atom is -0.352 e. The number of amides is 3. The summed E-state index contributed by atoms with van der Waals surface area (Å²) in [6.07, 6.45) is -0.0407. The number of carbonyl (C=O) groups is 3. The minimum absolute atomic E-state index is 0.0407. The number of anilines is 1. The van der Waals surface area contributed by atoms with Crippen molar-refractivity contribution < 1.29 is 14.4 Å². The van der Waals surface area contributed by atoms with Gasteiger partial charge in [0.1, 0.15) is 5.25 Å². The van der Waals surface area contributed by atoms with Gasteiger partial charge in [0, 0.05) is 18.7 Å². The Morgan fingerprint density at radius 1 is 1.04 bits per heavy atom. The first kappa shape index (κ1) is 18.7. The van der Waals surface area contributed by atoms with Crippen molar-refractivity contribution in [3.63, 3.8) is 0 Å². The maximum absolute atomic E-state index is 12.3. The predicted octanol–water partition coefficient (Wildman–Crippen LogP) is 1.88. The molecule has 0 saturated carbocycles. The number of para-hydroxylation sites is 1. The summed E-state index contributed by atoms with van der Waals surface area (Å²) in [6.45, 7) is 0.383. The van der Waals surface area contributed by atoms with Gasteiger partial charge in [-0.05, 0) is 17.7 Å². The average Bonchev–Trinajstić information content (AvgIpc) is 2.69. The second-order valence-electron chi connectivity index (χ2n) is 5.79. The molecular weight excluding hydrogens is 364 g/mol. The first-order valence-electron chi connectivity index (χ1n) is 8.33. The van der Waals surface area contributed by atoms with Crippen molar-refractivity contribution in [2.75, 3.05) is 5.32 Å². The summed E-state index contributed by atoms with van der Waals surface area (Å²) < 4.78 is 0. The maximum atomic E-state index is 12.3. The highest BCUT2D eigenvalue weighted by molar-refractivity contribution is 8.16. The highest BCUT2D eigenvalue weighted by Crippen LogP contribution is 2.21. The highest BCUT2D eigenvalue weighted by Gasteiger charge is 2.31. The molecular formula is C19H18N4O3S. The summed E-state index contributed by atoms with van der Waals surface area (Å²) in [7, 11) is 0. The van der Waals surface area contributed by atoms with Gasteiger partial charge >= 0.3 is 0 Å². The third-order valence-electron chi connectivity index (χ3n) is 3.74. The molecule has 0 bridgehead atoms. The number of nitrogens with one attached hydrogen (secondary N) is 3. The molecule has 0 aromatic heterocycles. The Labute approximate surface area is 160 Å². The van der Waals surface area contributed by atoms with Crippen LogP contribution in [0.3, 0.4) is 0 Å². The third kappa shape index (κ3) is 5.42. The minimum atomic E-state index is -0.713. The van der Waals surface area contributed by atoms with Gasteiger partial charge in [0.05, 0.1) is 0 Å². The zero-order valence-corrected chi connectivity index (χ0v) is 15.2. The summed E-state index contributed by atoms with van der Waals surface area (Å²) in [5.41, 5.74) is 3.91. The van der Waals surface area contributed by atoms with Crippen molar-refractivity contribution in [1.29, 1.82) is 0 Å². The third-order valence-corrected chi connectivity index (χ3v) is 4.91. The van der Waals surface area contributed by atoms with Gasteiger partial charge in [0.15, 0.2) is 5.04 Å². The van der Waals surface area contributed by atoms with E-state index in [0.29, 0.717) is 12.2 Å². The zero-order valence-electron chi connectivity index (χ0n) is 14.3. The fourth-order valence-corrected chi connectivity index (χ4v) is 3.29. The summed E-state index contributed by atoms with van der Waals surface area (Å²) in [6, 6.07) is 18.4. The van der Waals surface area contributed by atoms with Crippen LogP contribution >= 0.6 is 11.8 Å². The predicted molar refractivity (Wildman–Crippen MR) is 105 cm³/mol. The Balaban J connectivity index is 1.53. The number of hydrogen-bond donors (Lipinski definition) is 3. The van der Waals surface area contributed by atoms with Crippen LogP contribution in [0.1, 0.15) is 12.0 Å². The molecule has 7 nitrogen and oxygen atoms in total. The molecule has 3 N–H and O–H groups in total. The van der Waals surface area contributed by atoms with Crippen LogP contribution in [-0.2, 0) is 20.9 Å². The Morgan fingerprint density at radius 2 is 1.70 bits per heavy atom. The van der Waals surface area contributed by atoms with Crippen LogP contribution in [0, 0.1) is 0 Å². The van der Waals surface area contributed by atoms with E-state index in [1.807, 2.05) is 36.4 Å². The van der Waals surface area contributed by atoms with E-state index < -0.39 is 17.1 Å². The number of hydrazone groups is 1. The van der Waals surface area contributed by atoms with Crippen molar-refractivity contribution in [2.45, 2.75) is 18.2 Å². The van der Waals surface area contributed by atoms with E-state index in [2.05, 4.69) is 21.2 Å². The van der Waals surface area contributed by atoms with E-state index in [1.54, 1.807) is 24.3 Å². The standard InChI is InChI=1S/C19H18N4O3S/c24-16(20-12-13-7-3-1-4-8-13)11-15-17(25)22-23-19(27-15)18(26)21-14-9-5-2-6-10-14/h1-10,15H,11-12H2,(H,20,24)(H,21,26)(H,22,25). The second-order valence-corrected chi connectivity index (χ2v) is 6.98. The first-order chi connectivity index (χ1) is 13.1. The lowest BCUT2D eigenvalue weighted by molar-refractivity contribution is -0.126. The van der Waals surface area contributed by atoms with Crippen LogP contribution in [-0.4, -0.2) is 28.0 Å². The lowest BCUT2D eigenvalue weighted by Crippen LogP contribution is -2.41. The number of thioether (sulfide) groups is 1. The zero-order chi connectivity index (χ0) is 19.1.